The van der Waals surface area contributed by atoms with E-state index in [1.807, 2.05) is 18.2 Å². The molecule has 1 aromatic rings. The van der Waals surface area contributed by atoms with E-state index in [4.69, 9.17) is 0 Å². The quantitative estimate of drug-likeness (QED) is 0.766. The third-order valence-corrected chi connectivity index (χ3v) is 3.99. The Bertz CT molecular complexity index is 425. The third kappa shape index (κ3) is 4.50. The van der Waals surface area contributed by atoms with Crippen LogP contribution in [0.2, 0.25) is 0 Å². The maximum atomic E-state index is 11.8. The number of halogens is 2. The van der Waals surface area contributed by atoms with Crippen LogP contribution in [-0.2, 0) is 10.8 Å². The van der Waals surface area contributed by atoms with E-state index in [1.54, 1.807) is 6.26 Å². The van der Waals surface area contributed by atoms with Crippen molar-refractivity contribution in [2.24, 2.45) is 0 Å². The molecule has 0 aliphatic rings. The van der Waals surface area contributed by atoms with Gasteiger partial charge in [0.2, 0.25) is 0 Å². The molecule has 0 saturated carbocycles. The molecule has 1 aromatic carbocycles. The minimum absolute atomic E-state index is 0.143. The van der Waals surface area contributed by atoms with Crippen molar-refractivity contribution in [1.29, 1.82) is 0 Å². The molecule has 1 unspecified atom stereocenters. The fourth-order valence-electron chi connectivity index (χ4n) is 1.08. The number of carbonyl (C=O) groups excluding carboxylic acids is 1. The number of carbonyl (C=O) groups is 1. The molecule has 3 nitrogen and oxygen atoms in total. The molecule has 1 rings (SSSR count). The molecule has 0 radical (unpaired) electrons. The molecule has 0 saturated heterocycles. The minimum Gasteiger partial charge on any atom is -0.351 e. The van der Waals surface area contributed by atoms with Gasteiger partial charge in [0.15, 0.2) is 0 Å². The normalized spacial score (nSPS) is 12.2. The van der Waals surface area contributed by atoms with Crippen molar-refractivity contribution in [3.8, 4) is 0 Å². The van der Waals surface area contributed by atoms with Gasteiger partial charge < -0.3 is 5.32 Å². The smallest absolute Gasteiger partial charge is 0.252 e. The van der Waals surface area contributed by atoms with Crippen LogP contribution in [0.5, 0.6) is 0 Å². The van der Waals surface area contributed by atoms with Crippen LogP contribution in [0.3, 0.4) is 0 Å². The number of amides is 1. The molecule has 16 heavy (non-hydrogen) atoms. The van der Waals surface area contributed by atoms with E-state index in [1.165, 1.54) is 0 Å². The third-order valence-electron chi connectivity index (χ3n) is 1.85. The highest BCUT2D eigenvalue weighted by atomic mass is 127. The fraction of sp³-hybridized carbons (Fsp3) is 0.300. The Morgan fingerprint density at radius 1 is 1.56 bits per heavy atom. The van der Waals surface area contributed by atoms with Gasteiger partial charge in [0, 0.05) is 37.4 Å². The number of rotatable bonds is 4. The van der Waals surface area contributed by atoms with Crippen LogP contribution in [0.25, 0.3) is 0 Å². The second-order valence-corrected chi connectivity index (χ2v) is 6.81. The van der Waals surface area contributed by atoms with Crippen LogP contribution in [0.1, 0.15) is 10.4 Å². The highest BCUT2D eigenvalue weighted by Gasteiger charge is 2.09. The minimum atomic E-state index is -0.876. The van der Waals surface area contributed by atoms with Crippen LogP contribution < -0.4 is 5.32 Å². The summed E-state index contributed by atoms with van der Waals surface area (Å²) in [6, 6.07) is 5.57. The van der Waals surface area contributed by atoms with Crippen LogP contribution in [0, 0.1) is 3.57 Å². The lowest BCUT2D eigenvalue weighted by atomic mass is 10.2. The summed E-state index contributed by atoms with van der Waals surface area (Å²) in [7, 11) is -0.876. The molecule has 6 heteroatoms. The predicted molar refractivity (Wildman–Crippen MR) is 78.1 cm³/mol. The maximum absolute atomic E-state index is 11.8. The summed E-state index contributed by atoms with van der Waals surface area (Å²) in [5.41, 5.74) is 0.605. The standard InChI is InChI=1S/C10H11BrINO2S/c1-16(15)5-4-13-10(14)8-6-7(12)2-3-9(8)11/h2-3,6H,4-5H2,1H3,(H,13,14). The van der Waals surface area contributed by atoms with Gasteiger partial charge in [0.25, 0.3) is 5.91 Å². The number of hydrogen-bond acceptors (Lipinski definition) is 2. The van der Waals surface area contributed by atoms with Crippen molar-refractivity contribution in [2.45, 2.75) is 0 Å². The van der Waals surface area contributed by atoms with E-state index in [0.29, 0.717) is 17.9 Å². The van der Waals surface area contributed by atoms with Gasteiger partial charge >= 0.3 is 0 Å². The van der Waals surface area contributed by atoms with E-state index >= 15 is 0 Å². The van der Waals surface area contributed by atoms with Gasteiger partial charge in [0.1, 0.15) is 0 Å². The Morgan fingerprint density at radius 2 is 2.25 bits per heavy atom. The monoisotopic (exact) mass is 415 g/mol. The van der Waals surface area contributed by atoms with Gasteiger partial charge in [-0.3, -0.25) is 9.00 Å². The largest absolute Gasteiger partial charge is 0.351 e. The lowest BCUT2D eigenvalue weighted by Gasteiger charge is -2.06. The summed E-state index contributed by atoms with van der Waals surface area (Å²) < 4.78 is 12.6. The lowest BCUT2D eigenvalue weighted by molar-refractivity contribution is 0.0955. The van der Waals surface area contributed by atoms with E-state index < -0.39 is 10.8 Å². The first-order valence-corrected chi connectivity index (χ1v) is 8.14. The first kappa shape index (κ1) is 14.1. The summed E-state index contributed by atoms with van der Waals surface area (Å²) in [6.07, 6.45) is 1.62. The van der Waals surface area contributed by atoms with Gasteiger partial charge in [-0.15, -0.1) is 0 Å². The first-order valence-electron chi connectivity index (χ1n) is 4.54. The Balaban J connectivity index is 2.65. The summed E-state index contributed by atoms with van der Waals surface area (Å²) in [5.74, 6) is 0.337. The van der Waals surface area contributed by atoms with E-state index in [2.05, 4.69) is 43.8 Å². The van der Waals surface area contributed by atoms with Crippen molar-refractivity contribution in [1.82, 2.24) is 5.32 Å². The van der Waals surface area contributed by atoms with Gasteiger partial charge in [-0.1, -0.05) is 0 Å². The Kier molecular flexibility index (Phi) is 5.91. The molecule has 1 N–H and O–H groups in total. The molecular weight excluding hydrogens is 405 g/mol. The highest BCUT2D eigenvalue weighted by Crippen LogP contribution is 2.19. The second kappa shape index (κ2) is 6.70. The molecule has 1 amide bonds. The van der Waals surface area contributed by atoms with E-state index in [-0.39, 0.29) is 5.91 Å². The zero-order valence-corrected chi connectivity index (χ0v) is 13.2. The first-order chi connectivity index (χ1) is 7.50. The van der Waals surface area contributed by atoms with E-state index in [9.17, 15) is 9.00 Å². The van der Waals surface area contributed by atoms with Crippen molar-refractivity contribution < 1.29 is 9.00 Å². The number of hydrogen-bond donors (Lipinski definition) is 1. The Hall–Kier alpha value is 0.0500. The number of nitrogens with one attached hydrogen (secondary N) is 1. The average molecular weight is 416 g/mol. The SMILES string of the molecule is CS(=O)CCNC(=O)c1cc(I)ccc1Br. The predicted octanol–water partition coefficient (Wildman–Crippen LogP) is 2.16. The molecule has 0 aromatic heterocycles. The van der Waals surface area contributed by atoms with Crippen LogP contribution in [-0.4, -0.2) is 28.7 Å². The molecule has 0 spiro atoms. The molecular formula is C10H11BrINO2S. The fourth-order valence-corrected chi connectivity index (χ4v) is 2.38. The van der Waals surface area contributed by atoms with Gasteiger partial charge in [-0.2, -0.15) is 0 Å². The summed E-state index contributed by atoms with van der Waals surface area (Å²) in [6.45, 7) is 0.430. The molecule has 0 bridgehead atoms. The molecule has 0 fully saturated rings. The zero-order valence-electron chi connectivity index (χ0n) is 8.63. The molecule has 0 aliphatic carbocycles. The topological polar surface area (TPSA) is 46.2 Å². The highest BCUT2D eigenvalue weighted by molar-refractivity contribution is 14.1. The van der Waals surface area contributed by atoms with Crippen LogP contribution in [0.15, 0.2) is 22.7 Å². The summed E-state index contributed by atoms with van der Waals surface area (Å²) >= 11 is 5.48. The molecule has 0 heterocycles. The van der Waals surface area contributed by atoms with Crippen molar-refractivity contribution in [3.63, 3.8) is 0 Å². The van der Waals surface area contributed by atoms with Crippen molar-refractivity contribution in [3.05, 3.63) is 31.8 Å². The molecule has 0 aliphatic heterocycles. The number of benzene rings is 1. The lowest BCUT2D eigenvalue weighted by Crippen LogP contribution is -2.27. The van der Waals surface area contributed by atoms with Gasteiger partial charge in [-0.05, 0) is 56.7 Å². The average Bonchev–Trinajstić information content (AvgIpc) is 2.21. The van der Waals surface area contributed by atoms with Crippen LogP contribution in [0.4, 0.5) is 0 Å². The van der Waals surface area contributed by atoms with Crippen molar-refractivity contribution >= 4 is 55.2 Å². The van der Waals surface area contributed by atoms with Crippen LogP contribution >= 0.6 is 38.5 Å². The van der Waals surface area contributed by atoms with Gasteiger partial charge in [-0.25, -0.2) is 0 Å². The van der Waals surface area contributed by atoms with Gasteiger partial charge in [0.05, 0.1) is 5.56 Å². The zero-order chi connectivity index (χ0) is 12.1. The summed E-state index contributed by atoms with van der Waals surface area (Å²) in [4.78, 5) is 11.8. The molecule has 88 valence electrons. The summed E-state index contributed by atoms with van der Waals surface area (Å²) in [5, 5.41) is 2.73. The Labute approximate surface area is 119 Å². The second-order valence-electron chi connectivity index (χ2n) is 3.16. The van der Waals surface area contributed by atoms with E-state index in [0.717, 1.165) is 8.04 Å². The Morgan fingerprint density at radius 3 is 2.88 bits per heavy atom. The van der Waals surface area contributed by atoms with Crippen molar-refractivity contribution in [2.75, 3.05) is 18.6 Å². The maximum Gasteiger partial charge on any atom is 0.252 e. The molecule has 1 atom stereocenters.